The van der Waals surface area contributed by atoms with Gasteiger partial charge >= 0.3 is 5.97 Å². The van der Waals surface area contributed by atoms with E-state index < -0.39 is 5.97 Å². The molecule has 6 nitrogen and oxygen atoms in total. The third-order valence-electron chi connectivity index (χ3n) is 3.94. The molecule has 1 aliphatic carbocycles. The van der Waals surface area contributed by atoms with Gasteiger partial charge in [-0.3, -0.25) is 0 Å². The first-order valence-electron chi connectivity index (χ1n) is 6.94. The Morgan fingerprint density at radius 3 is 2.95 bits per heavy atom. The second kappa shape index (κ2) is 5.65. The summed E-state index contributed by atoms with van der Waals surface area (Å²) in [6.07, 6.45) is 4.79. The number of nitrogens with zero attached hydrogens (tertiary/aromatic N) is 2. The summed E-state index contributed by atoms with van der Waals surface area (Å²) in [6, 6.07) is 5.22. The van der Waals surface area contributed by atoms with E-state index in [2.05, 4.69) is 15.3 Å². The number of nitrogens with one attached hydrogen (secondary N) is 1. The molecule has 0 saturated heterocycles. The summed E-state index contributed by atoms with van der Waals surface area (Å²) in [4.78, 5) is 19.4. The van der Waals surface area contributed by atoms with E-state index in [9.17, 15) is 4.79 Å². The van der Waals surface area contributed by atoms with Crippen molar-refractivity contribution in [2.75, 3.05) is 12.4 Å². The average molecular weight is 287 g/mol. The minimum Gasteiger partial charge on any atom is -0.478 e. The highest BCUT2D eigenvalue weighted by Crippen LogP contribution is 2.27. The lowest BCUT2D eigenvalue weighted by atomic mass is 10.1. The fraction of sp³-hybridized carbons (Fsp3) is 0.400. The molecule has 21 heavy (non-hydrogen) atoms. The third-order valence-corrected chi connectivity index (χ3v) is 3.94. The monoisotopic (exact) mass is 287 g/mol. The van der Waals surface area contributed by atoms with Crippen molar-refractivity contribution >= 4 is 22.7 Å². The van der Waals surface area contributed by atoms with E-state index in [1.165, 1.54) is 6.33 Å². The number of carboxylic acid groups (broad SMARTS) is 1. The molecule has 6 heteroatoms. The summed E-state index contributed by atoms with van der Waals surface area (Å²) in [5.41, 5.74) is 0.862. The van der Waals surface area contributed by atoms with Crippen LogP contribution in [0.4, 0.5) is 5.82 Å². The molecule has 2 N–H and O–H groups in total. The molecule has 1 saturated carbocycles. The van der Waals surface area contributed by atoms with Gasteiger partial charge in [0.25, 0.3) is 0 Å². The number of anilines is 1. The van der Waals surface area contributed by atoms with Crippen LogP contribution in [0.15, 0.2) is 24.5 Å². The zero-order valence-electron chi connectivity index (χ0n) is 11.7. The number of carboxylic acids is 1. The van der Waals surface area contributed by atoms with Gasteiger partial charge in [-0.2, -0.15) is 0 Å². The van der Waals surface area contributed by atoms with Crippen molar-refractivity contribution in [3.05, 3.63) is 30.1 Å². The molecule has 0 amide bonds. The molecular weight excluding hydrogens is 270 g/mol. The van der Waals surface area contributed by atoms with E-state index in [1.807, 2.05) is 0 Å². The Balaban J connectivity index is 1.87. The van der Waals surface area contributed by atoms with E-state index in [0.29, 0.717) is 17.7 Å². The Morgan fingerprint density at radius 1 is 1.38 bits per heavy atom. The van der Waals surface area contributed by atoms with Gasteiger partial charge in [0.15, 0.2) is 0 Å². The van der Waals surface area contributed by atoms with Gasteiger partial charge in [-0.25, -0.2) is 14.8 Å². The largest absolute Gasteiger partial charge is 0.478 e. The van der Waals surface area contributed by atoms with Gasteiger partial charge in [-0.15, -0.1) is 0 Å². The van der Waals surface area contributed by atoms with Crippen molar-refractivity contribution in [2.24, 2.45) is 0 Å². The van der Waals surface area contributed by atoms with Gasteiger partial charge in [-0.1, -0.05) is 0 Å². The van der Waals surface area contributed by atoms with Crippen LogP contribution in [-0.2, 0) is 4.74 Å². The second-order valence-electron chi connectivity index (χ2n) is 5.27. The Morgan fingerprint density at radius 2 is 2.24 bits per heavy atom. The Bertz CT molecular complexity index is 674. The average Bonchev–Trinajstić information content (AvgIpc) is 2.94. The summed E-state index contributed by atoms with van der Waals surface area (Å²) in [6.45, 7) is 0. The highest BCUT2D eigenvalue weighted by molar-refractivity contribution is 5.96. The molecule has 2 unspecified atom stereocenters. The SMILES string of the molecule is COC1CCC(Nc2ncnc3cc(C(=O)O)ccc23)C1. The molecular formula is C15H17N3O3. The van der Waals surface area contributed by atoms with Crippen LogP contribution >= 0.6 is 0 Å². The van der Waals surface area contributed by atoms with Crippen LogP contribution in [0.1, 0.15) is 29.6 Å². The summed E-state index contributed by atoms with van der Waals surface area (Å²) in [5.74, 6) is -0.206. The maximum Gasteiger partial charge on any atom is 0.335 e. The fourth-order valence-corrected chi connectivity index (χ4v) is 2.78. The van der Waals surface area contributed by atoms with Crippen molar-refractivity contribution in [2.45, 2.75) is 31.4 Å². The molecule has 2 aromatic rings. The van der Waals surface area contributed by atoms with Gasteiger partial charge in [0, 0.05) is 18.5 Å². The van der Waals surface area contributed by atoms with E-state index in [1.54, 1.807) is 25.3 Å². The van der Waals surface area contributed by atoms with Crippen molar-refractivity contribution in [3.63, 3.8) is 0 Å². The highest BCUT2D eigenvalue weighted by Gasteiger charge is 2.25. The number of hydrogen-bond acceptors (Lipinski definition) is 5. The number of aromatic nitrogens is 2. The van der Waals surface area contributed by atoms with Gasteiger partial charge in [0.2, 0.25) is 0 Å². The van der Waals surface area contributed by atoms with E-state index >= 15 is 0 Å². The molecule has 3 rings (SSSR count). The number of benzene rings is 1. The smallest absolute Gasteiger partial charge is 0.335 e. The van der Waals surface area contributed by atoms with Crippen LogP contribution in [0, 0.1) is 0 Å². The molecule has 0 radical (unpaired) electrons. The van der Waals surface area contributed by atoms with Crippen molar-refractivity contribution in [1.29, 1.82) is 0 Å². The Hall–Kier alpha value is -2.21. The van der Waals surface area contributed by atoms with E-state index in [-0.39, 0.29) is 5.56 Å². The summed E-state index contributed by atoms with van der Waals surface area (Å²) >= 11 is 0. The quantitative estimate of drug-likeness (QED) is 0.897. The number of aromatic carboxylic acids is 1. The topological polar surface area (TPSA) is 84.3 Å². The van der Waals surface area contributed by atoms with Gasteiger partial charge in [0.05, 0.1) is 17.2 Å². The number of rotatable bonds is 4. The molecule has 1 aliphatic rings. The maximum absolute atomic E-state index is 11.0. The minimum atomic E-state index is -0.955. The molecule has 110 valence electrons. The summed E-state index contributed by atoms with van der Waals surface area (Å²) < 4.78 is 5.37. The molecule has 1 heterocycles. The third kappa shape index (κ3) is 2.80. The first-order valence-corrected chi connectivity index (χ1v) is 6.94. The van der Waals surface area contributed by atoms with Crippen LogP contribution in [-0.4, -0.2) is 40.3 Å². The van der Waals surface area contributed by atoms with E-state index in [4.69, 9.17) is 9.84 Å². The number of carbonyl (C=O) groups is 1. The lowest BCUT2D eigenvalue weighted by molar-refractivity contribution is 0.0697. The van der Waals surface area contributed by atoms with Crippen molar-refractivity contribution in [1.82, 2.24) is 9.97 Å². The number of ether oxygens (including phenoxy) is 1. The molecule has 0 bridgehead atoms. The summed E-state index contributed by atoms with van der Waals surface area (Å²) in [5, 5.41) is 13.3. The van der Waals surface area contributed by atoms with E-state index in [0.717, 1.165) is 30.5 Å². The minimum absolute atomic E-state index is 0.229. The molecule has 1 aromatic heterocycles. The molecule has 2 atom stereocenters. The van der Waals surface area contributed by atoms with Gasteiger partial charge in [0.1, 0.15) is 12.1 Å². The Kier molecular flexibility index (Phi) is 3.70. The van der Waals surface area contributed by atoms with Gasteiger partial charge in [-0.05, 0) is 37.5 Å². The fourth-order valence-electron chi connectivity index (χ4n) is 2.78. The normalized spacial score (nSPS) is 21.6. The number of hydrogen-bond donors (Lipinski definition) is 2. The predicted octanol–water partition coefficient (Wildman–Crippen LogP) is 2.31. The lowest BCUT2D eigenvalue weighted by Crippen LogP contribution is -2.18. The molecule has 0 spiro atoms. The summed E-state index contributed by atoms with van der Waals surface area (Å²) in [7, 11) is 1.74. The zero-order valence-corrected chi connectivity index (χ0v) is 11.7. The molecule has 1 aromatic carbocycles. The van der Waals surface area contributed by atoms with Crippen LogP contribution in [0.5, 0.6) is 0 Å². The zero-order chi connectivity index (χ0) is 14.8. The lowest BCUT2D eigenvalue weighted by Gasteiger charge is -2.15. The maximum atomic E-state index is 11.0. The van der Waals surface area contributed by atoms with Crippen molar-refractivity contribution in [3.8, 4) is 0 Å². The van der Waals surface area contributed by atoms with Crippen LogP contribution in [0.25, 0.3) is 10.9 Å². The van der Waals surface area contributed by atoms with Crippen molar-refractivity contribution < 1.29 is 14.6 Å². The molecule has 1 fully saturated rings. The number of methoxy groups -OCH3 is 1. The standard InChI is InChI=1S/C15H17N3O3/c1-21-11-4-3-10(7-11)18-14-12-5-2-9(15(19)20)6-13(12)16-8-17-14/h2,5-6,8,10-11H,3-4,7H2,1H3,(H,19,20)(H,16,17,18). The van der Waals surface area contributed by atoms with Crippen LogP contribution in [0.2, 0.25) is 0 Å². The molecule has 0 aliphatic heterocycles. The first-order chi connectivity index (χ1) is 10.2. The first kappa shape index (κ1) is 13.8. The van der Waals surface area contributed by atoms with Crippen LogP contribution in [0.3, 0.4) is 0 Å². The number of fused-ring (bicyclic) bond motifs is 1. The predicted molar refractivity (Wildman–Crippen MR) is 78.6 cm³/mol. The van der Waals surface area contributed by atoms with Crippen LogP contribution < -0.4 is 5.32 Å². The highest BCUT2D eigenvalue weighted by atomic mass is 16.5. The Labute approximate surface area is 122 Å². The van der Waals surface area contributed by atoms with Gasteiger partial charge < -0.3 is 15.2 Å². The second-order valence-corrected chi connectivity index (χ2v) is 5.27.